The first-order valence-corrected chi connectivity index (χ1v) is 7.92. The summed E-state index contributed by atoms with van der Waals surface area (Å²) in [5, 5.41) is 7.67. The van der Waals surface area contributed by atoms with E-state index < -0.39 is 0 Å². The van der Waals surface area contributed by atoms with Crippen molar-refractivity contribution in [1.29, 1.82) is 0 Å². The van der Waals surface area contributed by atoms with Crippen molar-refractivity contribution in [2.24, 2.45) is 0 Å². The molecule has 0 radical (unpaired) electrons. The maximum Gasteiger partial charge on any atom is 0.138 e. The molecule has 0 bridgehead atoms. The highest BCUT2D eigenvalue weighted by Gasteiger charge is 2.14. The average Bonchev–Trinajstić information content (AvgIpc) is 2.93. The molecule has 0 saturated carbocycles. The van der Waals surface area contributed by atoms with Gasteiger partial charge in [-0.15, -0.1) is 11.8 Å². The van der Waals surface area contributed by atoms with Crippen LogP contribution in [-0.2, 0) is 6.42 Å². The predicted molar refractivity (Wildman–Crippen MR) is 84.1 cm³/mol. The number of thioether (sulfide) groups is 1. The van der Waals surface area contributed by atoms with Gasteiger partial charge in [0, 0.05) is 29.2 Å². The number of hydrogen-bond acceptors (Lipinski definition) is 4. The maximum atomic E-state index is 4.38. The van der Waals surface area contributed by atoms with Crippen molar-refractivity contribution in [1.82, 2.24) is 20.1 Å². The molecule has 5 heteroatoms. The Bertz CT molecular complexity index is 510. The zero-order valence-electron chi connectivity index (χ0n) is 12.3. The summed E-state index contributed by atoms with van der Waals surface area (Å²) in [6, 6.07) is 11.2. The van der Waals surface area contributed by atoms with Crippen molar-refractivity contribution >= 4 is 11.8 Å². The van der Waals surface area contributed by atoms with Crippen LogP contribution in [0, 0.1) is 0 Å². The molecule has 1 unspecified atom stereocenters. The SMILES string of the molecule is CNC(CSc1ccccc1)Cc1ncnn1C(C)C. The fourth-order valence-electron chi connectivity index (χ4n) is 2.03. The molecule has 0 spiro atoms. The fraction of sp³-hybridized carbons (Fsp3) is 0.467. The van der Waals surface area contributed by atoms with Crippen molar-refractivity contribution in [3.8, 4) is 0 Å². The van der Waals surface area contributed by atoms with E-state index in [9.17, 15) is 0 Å². The van der Waals surface area contributed by atoms with Gasteiger partial charge in [-0.2, -0.15) is 5.10 Å². The molecule has 108 valence electrons. The number of likely N-dealkylation sites (N-methyl/N-ethyl adjacent to an activating group) is 1. The lowest BCUT2D eigenvalue weighted by Gasteiger charge is -2.17. The Morgan fingerprint density at radius 1 is 1.25 bits per heavy atom. The number of benzene rings is 1. The van der Waals surface area contributed by atoms with E-state index in [-0.39, 0.29) is 0 Å². The number of aromatic nitrogens is 3. The second-order valence-electron chi connectivity index (χ2n) is 5.03. The zero-order chi connectivity index (χ0) is 14.4. The van der Waals surface area contributed by atoms with Crippen molar-refractivity contribution in [3.05, 3.63) is 42.5 Å². The molecule has 1 heterocycles. The molecule has 1 aromatic carbocycles. The smallest absolute Gasteiger partial charge is 0.138 e. The molecule has 1 atom stereocenters. The summed E-state index contributed by atoms with van der Waals surface area (Å²) in [6.45, 7) is 4.26. The van der Waals surface area contributed by atoms with E-state index in [0.29, 0.717) is 12.1 Å². The third-order valence-corrected chi connectivity index (χ3v) is 4.34. The third kappa shape index (κ3) is 4.08. The lowest BCUT2D eigenvalue weighted by molar-refractivity contribution is 0.484. The summed E-state index contributed by atoms with van der Waals surface area (Å²) in [7, 11) is 2.01. The molecule has 1 N–H and O–H groups in total. The van der Waals surface area contributed by atoms with Gasteiger partial charge in [0.15, 0.2) is 0 Å². The van der Waals surface area contributed by atoms with Crippen molar-refractivity contribution in [2.45, 2.75) is 37.2 Å². The lowest BCUT2D eigenvalue weighted by Crippen LogP contribution is -2.31. The second-order valence-corrected chi connectivity index (χ2v) is 6.12. The Morgan fingerprint density at radius 2 is 2.00 bits per heavy atom. The first-order chi connectivity index (χ1) is 9.70. The molecule has 0 fully saturated rings. The number of rotatable bonds is 7. The van der Waals surface area contributed by atoms with E-state index in [2.05, 4.69) is 53.5 Å². The Balaban J connectivity index is 1.93. The van der Waals surface area contributed by atoms with Crippen molar-refractivity contribution in [2.75, 3.05) is 12.8 Å². The topological polar surface area (TPSA) is 42.7 Å². The van der Waals surface area contributed by atoms with E-state index >= 15 is 0 Å². The molecule has 4 nitrogen and oxygen atoms in total. The molecule has 0 aliphatic rings. The van der Waals surface area contributed by atoms with Gasteiger partial charge < -0.3 is 5.32 Å². The Labute approximate surface area is 125 Å². The minimum absolute atomic E-state index is 0.354. The maximum absolute atomic E-state index is 4.38. The quantitative estimate of drug-likeness (QED) is 0.796. The Hall–Kier alpha value is -1.33. The van der Waals surface area contributed by atoms with E-state index in [4.69, 9.17) is 0 Å². The zero-order valence-corrected chi connectivity index (χ0v) is 13.1. The van der Waals surface area contributed by atoms with Gasteiger partial charge in [-0.1, -0.05) is 18.2 Å². The van der Waals surface area contributed by atoms with Crippen LogP contribution in [0.15, 0.2) is 41.6 Å². The van der Waals surface area contributed by atoms with Crippen LogP contribution in [-0.4, -0.2) is 33.6 Å². The van der Waals surface area contributed by atoms with Crippen molar-refractivity contribution in [3.63, 3.8) is 0 Å². The van der Waals surface area contributed by atoms with Crippen LogP contribution in [0.2, 0.25) is 0 Å². The second kappa shape index (κ2) is 7.45. The highest BCUT2D eigenvalue weighted by Crippen LogP contribution is 2.19. The van der Waals surface area contributed by atoms with Crippen LogP contribution in [0.4, 0.5) is 0 Å². The van der Waals surface area contributed by atoms with E-state index in [0.717, 1.165) is 18.0 Å². The summed E-state index contributed by atoms with van der Waals surface area (Å²) < 4.78 is 2.00. The van der Waals surface area contributed by atoms with E-state index in [1.165, 1.54) is 4.90 Å². The molecule has 2 rings (SSSR count). The largest absolute Gasteiger partial charge is 0.316 e. The van der Waals surface area contributed by atoms with Gasteiger partial charge in [-0.05, 0) is 33.0 Å². The van der Waals surface area contributed by atoms with Gasteiger partial charge in [-0.25, -0.2) is 9.67 Å². The molecular weight excluding hydrogens is 268 g/mol. The summed E-state index contributed by atoms with van der Waals surface area (Å²) in [4.78, 5) is 5.69. The summed E-state index contributed by atoms with van der Waals surface area (Å²) in [5.41, 5.74) is 0. The summed E-state index contributed by atoms with van der Waals surface area (Å²) in [5.74, 6) is 2.07. The summed E-state index contributed by atoms with van der Waals surface area (Å²) in [6.07, 6.45) is 2.54. The third-order valence-electron chi connectivity index (χ3n) is 3.17. The molecule has 1 aromatic heterocycles. The van der Waals surface area contributed by atoms with Gasteiger partial charge in [0.1, 0.15) is 12.2 Å². The number of hydrogen-bond donors (Lipinski definition) is 1. The van der Waals surface area contributed by atoms with E-state index in [1.54, 1.807) is 6.33 Å². The molecule has 0 amide bonds. The standard InChI is InChI=1S/C15H22N4S/c1-12(2)19-15(17-11-18-19)9-13(16-3)10-20-14-7-5-4-6-8-14/h4-8,11-13,16H,9-10H2,1-3H3. The monoisotopic (exact) mass is 290 g/mol. The highest BCUT2D eigenvalue weighted by atomic mass is 32.2. The predicted octanol–water partition coefficient (Wildman–Crippen LogP) is 2.78. The molecular formula is C15H22N4S. The van der Waals surface area contributed by atoms with Crippen LogP contribution < -0.4 is 5.32 Å². The number of nitrogens with zero attached hydrogens (tertiary/aromatic N) is 3. The molecule has 0 aliphatic carbocycles. The first-order valence-electron chi connectivity index (χ1n) is 6.94. The fourth-order valence-corrected chi connectivity index (χ4v) is 3.06. The lowest BCUT2D eigenvalue weighted by atomic mass is 10.2. The van der Waals surface area contributed by atoms with Crippen molar-refractivity contribution < 1.29 is 0 Å². The minimum Gasteiger partial charge on any atom is -0.316 e. The molecule has 0 saturated heterocycles. The molecule has 0 aliphatic heterocycles. The van der Waals surface area contributed by atoms with Gasteiger partial charge in [0.25, 0.3) is 0 Å². The Morgan fingerprint density at radius 3 is 2.65 bits per heavy atom. The van der Waals surface area contributed by atoms with Gasteiger partial charge in [0.05, 0.1) is 0 Å². The van der Waals surface area contributed by atoms with Crippen LogP contribution in [0.5, 0.6) is 0 Å². The van der Waals surface area contributed by atoms with Crippen LogP contribution in [0.25, 0.3) is 0 Å². The summed E-state index contributed by atoms with van der Waals surface area (Å²) >= 11 is 1.87. The van der Waals surface area contributed by atoms with Gasteiger partial charge in [0.2, 0.25) is 0 Å². The van der Waals surface area contributed by atoms with Crippen LogP contribution >= 0.6 is 11.8 Å². The molecule has 20 heavy (non-hydrogen) atoms. The van der Waals surface area contributed by atoms with Crippen LogP contribution in [0.1, 0.15) is 25.7 Å². The van der Waals surface area contributed by atoms with Gasteiger partial charge in [-0.3, -0.25) is 0 Å². The highest BCUT2D eigenvalue weighted by molar-refractivity contribution is 7.99. The first kappa shape index (κ1) is 15.1. The minimum atomic E-state index is 0.354. The van der Waals surface area contributed by atoms with Crippen LogP contribution in [0.3, 0.4) is 0 Å². The Kier molecular flexibility index (Phi) is 5.61. The molecule has 2 aromatic rings. The van der Waals surface area contributed by atoms with E-state index in [1.807, 2.05) is 29.6 Å². The average molecular weight is 290 g/mol. The van der Waals surface area contributed by atoms with Gasteiger partial charge >= 0.3 is 0 Å². The number of nitrogens with one attached hydrogen (secondary N) is 1. The normalized spacial score (nSPS) is 12.8.